The minimum absolute atomic E-state index is 0.358. The Morgan fingerprint density at radius 2 is 2.31 bits per heavy atom. The average Bonchev–Trinajstić information content (AvgIpc) is 2.38. The van der Waals surface area contributed by atoms with Gasteiger partial charge in [-0.2, -0.15) is 10.4 Å². The Bertz CT molecular complexity index is 338. The van der Waals surface area contributed by atoms with Gasteiger partial charge in [0.2, 0.25) is 0 Å². The molecule has 1 aromatic rings. The van der Waals surface area contributed by atoms with Crippen LogP contribution in [0.1, 0.15) is 17.7 Å². The van der Waals surface area contributed by atoms with Crippen LogP contribution in [0.5, 0.6) is 0 Å². The minimum Gasteiger partial charge on any atom is -0.252 e. The van der Waals surface area contributed by atoms with E-state index in [0.717, 1.165) is 11.3 Å². The summed E-state index contributed by atoms with van der Waals surface area (Å²) in [6.45, 7) is 2.37. The predicted molar refractivity (Wildman–Crippen MR) is 51.8 cm³/mol. The molecule has 13 heavy (non-hydrogen) atoms. The van der Waals surface area contributed by atoms with Crippen molar-refractivity contribution in [2.24, 2.45) is 0 Å². The summed E-state index contributed by atoms with van der Waals surface area (Å²) in [4.78, 5) is 0. The molecule has 0 aromatic carbocycles. The number of nitriles is 1. The number of nitrogens with zero attached hydrogens (tertiary/aromatic N) is 3. The number of rotatable bonds is 3. The summed E-state index contributed by atoms with van der Waals surface area (Å²) in [5.74, 6) is 0.358. The summed E-state index contributed by atoms with van der Waals surface area (Å²) in [5, 5.41) is 13.1. The summed E-state index contributed by atoms with van der Waals surface area (Å²) in [6, 6.07) is 2.04. The van der Waals surface area contributed by atoms with Gasteiger partial charge in [0.05, 0.1) is 30.6 Å². The number of aryl methyl sites for hydroxylation is 2. The first-order valence-electron chi connectivity index (χ1n) is 3.85. The lowest BCUT2D eigenvalue weighted by molar-refractivity contribution is 0.623. The van der Waals surface area contributed by atoms with Crippen LogP contribution in [0.25, 0.3) is 0 Å². The van der Waals surface area contributed by atoms with Crippen LogP contribution in [0.2, 0.25) is 5.15 Å². The number of halogens is 2. The van der Waals surface area contributed by atoms with E-state index in [1.807, 2.05) is 13.0 Å². The highest BCUT2D eigenvalue weighted by atomic mass is 35.5. The van der Waals surface area contributed by atoms with Gasteiger partial charge in [-0.05, 0) is 6.92 Å². The summed E-state index contributed by atoms with van der Waals surface area (Å²) < 4.78 is 1.61. The molecule has 5 heteroatoms. The molecule has 0 amide bonds. The molecule has 0 aliphatic carbocycles. The highest BCUT2D eigenvalue weighted by Gasteiger charge is 2.11. The molecule has 0 saturated carbocycles. The second kappa shape index (κ2) is 4.50. The number of alkyl halides is 1. The molecule has 0 aliphatic rings. The van der Waals surface area contributed by atoms with Crippen molar-refractivity contribution in [3.8, 4) is 6.07 Å². The molecular weight excluding hydrogens is 209 g/mol. The monoisotopic (exact) mass is 217 g/mol. The van der Waals surface area contributed by atoms with Gasteiger partial charge in [0.25, 0.3) is 0 Å². The molecule has 70 valence electrons. The Balaban J connectivity index is 2.91. The molecule has 1 aromatic heterocycles. The van der Waals surface area contributed by atoms with E-state index >= 15 is 0 Å². The Morgan fingerprint density at radius 3 is 2.77 bits per heavy atom. The van der Waals surface area contributed by atoms with E-state index in [-0.39, 0.29) is 0 Å². The van der Waals surface area contributed by atoms with Crippen molar-refractivity contribution in [2.75, 3.05) is 0 Å². The van der Waals surface area contributed by atoms with Crippen LogP contribution in [0.15, 0.2) is 0 Å². The molecule has 0 unspecified atom stereocenters. The lowest BCUT2D eigenvalue weighted by Crippen LogP contribution is -1.99. The zero-order chi connectivity index (χ0) is 9.84. The Kier molecular flexibility index (Phi) is 3.58. The largest absolute Gasteiger partial charge is 0.252 e. The zero-order valence-electron chi connectivity index (χ0n) is 7.22. The molecule has 0 aliphatic heterocycles. The van der Waals surface area contributed by atoms with Crippen molar-refractivity contribution in [1.29, 1.82) is 5.26 Å². The van der Waals surface area contributed by atoms with E-state index in [0.29, 0.717) is 24.0 Å². The summed E-state index contributed by atoms with van der Waals surface area (Å²) in [7, 11) is 0. The first kappa shape index (κ1) is 10.4. The van der Waals surface area contributed by atoms with E-state index in [1.165, 1.54) is 0 Å². The number of aromatic nitrogens is 2. The normalized spacial score (nSPS) is 10.0. The molecule has 0 bridgehead atoms. The van der Waals surface area contributed by atoms with Gasteiger partial charge in [-0.1, -0.05) is 11.6 Å². The van der Waals surface area contributed by atoms with Crippen molar-refractivity contribution in [3.05, 3.63) is 16.4 Å². The molecule has 0 spiro atoms. The van der Waals surface area contributed by atoms with E-state index in [4.69, 9.17) is 28.5 Å². The van der Waals surface area contributed by atoms with E-state index in [1.54, 1.807) is 4.68 Å². The van der Waals surface area contributed by atoms with E-state index in [9.17, 15) is 0 Å². The SMILES string of the molecule is Cc1nn(CCC#N)c(Cl)c1CCl. The molecule has 3 nitrogen and oxygen atoms in total. The maximum atomic E-state index is 8.39. The Labute approximate surface area is 86.9 Å². The van der Waals surface area contributed by atoms with Gasteiger partial charge < -0.3 is 0 Å². The fourth-order valence-corrected chi connectivity index (χ4v) is 1.76. The van der Waals surface area contributed by atoms with Crippen LogP contribution in [0.4, 0.5) is 0 Å². The fourth-order valence-electron chi connectivity index (χ4n) is 1.05. The highest BCUT2D eigenvalue weighted by molar-refractivity contribution is 6.31. The standard InChI is InChI=1S/C8H9Cl2N3/c1-6-7(5-9)8(10)13(12-6)4-2-3-11/h2,4-5H2,1H3. The highest BCUT2D eigenvalue weighted by Crippen LogP contribution is 2.21. The van der Waals surface area contributed by atoms with Gasteiger partial charge in [-0.3, -0.25) is 4.68 Å². The van der Waals surface area contributed by atoms with Crippen LogP contribution in [-0.4, -0.2) is 9.78 Å². The maximum Gasteiger partial charge on any atom is 0.131 e. The van der Waals surface area contributed by atoms with Crippen molar-refractivity contribution in [3.63, 3.8) is 0 Å². The van der Waals surface area contributed by atoms with Gasteiger partial charge in [0, 0.05) is 5.56 Å². The molecule has 0 saturated heterocycles. The second-order valence-electron chi connectivity index (χ2n) is 2.62. The molecular formula is C8H9Cl2N3. The summed E-state index contributed by atoms with van der Waals surface area (Å²) >= 11 is 11.7. The van der Waals surface area contributed by atoms with E-state index < -0.39 is 0 Å². The second-order valence-corrected chi connectivity index (χ2v) is 3.24. The Hall–Kier alpha value is -0.720. The van der Waals surface area contributed by atoms with Crippen LogP contribution < -0.4 is 0 Å². The van der Waals surface area contributed by atoms with Crippen molar-refractivity contribution in [2.45, 2.75) is 25.8 Å². The summed E-state index contributed by atoms with van der Waals surface area (Å²) in [6.07, 6.45) is 0.405. The van der Waals surface area contributed by atoms with E-state index in [2.05, 4.69) is 5.10 Å². The van der Waals surface area contributed by atoms with Crippen molar-refractivity contribution < 1.29 is 0 Å². The average molecular weight is 218 g/mol. The summed E-state index contributed by atoms with van der Waals surface area (Å²) in [5.41, 5.74) is 1.68. The lowest BCUT2D eigenvalue weighted by Gasteiger charge is -1.97. The Morgan fingerprint density at radius 1 is 1.62 bits per heavy atom. The van der Waals surface area contributed by atoms with Crippen LogP contribution in [0.3, 0.4) is 0 Å². The fraction of sp³-hybridized carbons (Fsp3) is 0.500. The van der Waals surface area contributed by atoms with Crippen LogP contribution in [-0.2, 0) is 12.4 Å². The molecule has 0 atom stereocenters. The molecule has 0 radical (unpaired) electrons. The third kappa shape index (κ3) is 2.15. The molecule has 1 heterocycles. The zero-order valence-corrected chi connectivity index (χ0v) is 8.73. The minimum atomic E-state index is 0.358. The van der Waals surface area contributed by atoms with Crippen molar-refractivity contribution in [1.82, 2.24) is 9.78 Å². The third-order valence-corrected chi connectivity index (χ3v) is 2.44. The van der Waals surface area contributed by atoms with Gasteiger partial charge in [-0.15, -0.1) is 11.6 Å². The first-order chi connectivity index (χ1) is 6.20. The molecule has 1 rings (SSSR count). The van der Waals surface area contributed by atoms with Crippen molar-refractivity contribution >= 4 is 23.2 Å². The predicted octanol–water partition coefficient (Wildman–Crippen LogP) is 2.50. The topological polar surface area (TPSA) is 41.6 Å². The maximum absolute atomic E-state index is 8.39. The lowest BCUT2D eigenvalue weighted by atomic mass is 10.3. The molecule has 0 N–H and O–H groups in total. The van der Waals surface area contributed by atoms with Crippen LogP contribution >= 0.6 is 23.2 Å². The number of hydrogen-bond donors (Lipinski definition) is 0. The van der Waals surface area contributed by atoms with Gasteiger partial charge >= 0.3 is 0 Å². The number of hydrogen-bond acceptors (Lipinski definition) is 2. The smallest absolute Gasteiger partial charge is 0.131 e. The van der Waals surface area contributed by atoms with Crippen LogP contribution in [0, 0.1) is 18.3 Å². The van der Waals surface area contributed by atoms with Gasteiger partial charge in [0.15, 0.2) is 0 Å². The van der Waals surface area contributed by atoms with Gasteiger partial charge in [0.1, 0.15) is 5.15 Å². The molecule has 0 fully saturated rings. The quantitative estimate of drug-likeness (QED) is 0.731. The van der Waals surface area contributed by atoms with Gasteiger partial charge in [-0.25, -0.2) is 0 Å². The first-order valence-corrected chi connectivity index (χ1v) is 4.76. The third-order valence-electron chi connectivity index (χ3n) is 1.75.